The molecule has 0 radical (unpaired) electrons. The van der Waals surface area contributed by atoms with Crippen LogP contribution in [-0.4, -0.2) is 21.7 Å². The van der Waals surface area contributed by atoms with Crippen molar-refractivity contribution in [3.8, 4) is 5.75 Å². The Balaban J connectivity index is 2.80. The Labute approximate surface area is 69.8 Å². The van der Waals surface area contributed by atoms with Crippen molar-refractivity contribution in [1.82, 2.24) is 14.6 Å². The summed E-state index contributed by atoms with van der Waals surface area (Å²) in [6.45, 7) is 1.99. The minimum absolute atomic E-state index is 0.753. The fraction of sp³-hybridized carbons (Fsp3) is 0.250. The quantitative estimate of drug-likeness (QED) is 0.630. The van der Waals surface area contributed by atoms with Gasteiger partial charge < -0.3 is 4.74 Å². The van der Waals surface area contributed by atoms with E-state index < -0.39 is 0 Å². The molecule has 0 atom stereocenters. The molecule has 2 aromatic heterocycles. The Kier molecular flexibility index (Phi) is 1.46. The van der Waals surface area contributed by atoms with Crippen LogP contribution in [0.25, 0.3) is 5.65 Å². The minimum Gasteiger partial charge on any atom is -0.493 e. The topological polar surface area (TPSA) is 39.4 Å². The zero-order chi connectivity index (χ0) is 8.55. The number of rotatable bonds is 1. The van der Waals surface area contributed by atoms with Crippen LogP contribution in [0.2, 0.25) is 0 Å². The maximum atomic E-state index is 5.14. The number of aromatic nitrogens is 3. The summed E-state index contributed by atoms with van der Waals surface area (Å²) < 4.78 is 6.85. The third kappa shape index (κ3) is 0.922. The van der Waals surface area contributed by atoms with Gasteiger partial charge in [-0.05, 0) is 18.6 Å². The van der Waals surface area contributed by atoms with Gasteiger partial charge in [-0.1, -0.05) is 0 Å². The van der Waals surface area contributed by atoms with E-state index in [0.717, 1.165) is 17.0 Å². The monoisotopic (exact) mass is 163 g/mol. The Bertz CT molecular complexity index is 408. The van der Waals surface area contributed by atoms with Gasteiger partial charge in [-0.2, -0.15) is 5.10 Å². The Hall–Kier alpha value is -1.58. The van der Waals surface area contributed by atoms with Crippen molar-refractivity contribution in [2.75, 3.05) is 7.11 Å². The lowest BCUT2D eigenvalue weighted by molar-refractivity contribution is 0.416. The lowest BCUT2D eigenvalue weighted by Gasteiger charge is -2.01. The van der Waals surface area contributed by atoms with Crippen LogP contribution >= 0.6 is 0 Å². The molecule has 4 heteroatoms. The average Bonchev–Trinajstić information content (AvgIpc) is 2.50. The van der Waals surface area contributed by atoms with Gasteiger partial charge in [-0.25, -0.2) is 9.50 Å². The summed E-state index contributed by atoms with van der Waals surface area (Å²) in [7, 11) is 1.63. The summed E-state index contributed by atoms with van der Waals surface area (Å²) in [6.07, 6.45) is 3.42. The van der Waals surface area contributed by atoms with E-state index in [1.165, 1.54) is 6.33 Å². The Morgan fingerprint density at radius 3 is 3.08 bits per heavy atom. The summed E-state index contributed by atoms with van der Waals surface area (Å²) in [6, 6.07) is 1.93. The highest BCUT2D eigenvalue weighted by atomic mass is 16.5. The fourth-order valence-corrected chi connectivity index (χ4v) is 1.17. The fourth-order valence-electron chi connectivity index (χ4n) is 1.17. The Morgan fingerprint density at radius 1 is 1.50 bits per heavy atom. The third-order valence-electron chi connectivity index (χ3n) is 1.70. The number of pyridine rings is 1. The van der Waals surface area contributed by atoms with Gasteiger partial charge in [0.15, 0.2) is 11.4 Å². The van der Waals surface area contributed by atoms with Crippen molar-refractivity contribution >= 4 is 5.65 Å². The number of aryl methyl sites for hydroxylation is 1. The number of ether oxygens (including phenoxy) is 1. The zero-order valence-corrected chi connectivity index (χ0v) is 6.98. The first-order valence-electron chi connectivity index (χ1n) is 3.65. The molecule has 2 heterocycles. The second kappa shape index (κ2) is 2.48. The molecular formula is C8H9N3O. The number of nitrogens with zero attached hydrogens (tertiary/aromatic N) is 3. The van der Waals surface area contributed by atoms with E-state index in [1.807, 2.05) is 19.2 Å². The molecule has 0 aliphatic carbocycles. The lowest BCUT2D eigenvalue weighted by Crippen LogP contribution is -1.93. The molecule has 0 aromatic carbocycles. The van der Waals surface area contributed by atoms with Crippen LogP contribution in [0.1, 0.15) is 5.56 Å². The van der Waals surface area contributed by atoms with E-state index in [4.69, 9.17) is 4.74 Å². The van der Waals surface area contributed by atoms with Gasteiger partial charge >= 0.3 is 0 Å². The van der Waals surface area contributed by atoms with E-state index in [-0.39, 0.29) is 0 Å². The maximum Gasteiger partial charge on any atom is 0.197 e. The van der Waals surface area contributed by atoms with Crippen molar-refractivity contribution in [2.24, 2.45) is 0 Å². The molecular weight excluding hydrogens is 154 g/mol. The Morgan fingerprint density at radius 2 is 2.33 bits per heavy atom. The average molecular weight is 163 g/mol. The molecule has 0 amide bonds. The summed E-state index contributed by atoms with van der Waals surface area (Å²) >= 11 is 0. The highest BCUT2D eigenvalue weighted by molar-refractivity contribution is 5.53. The molecule has 0 unspecified atom stereocenters. The molecule has 0 saturated carbocycles. The van der Waals surface area contributed by atoms with Crippen LogP contribution in [0.5, 0.6) is 5.75 Å². The number of fused-ring (bicyclic) bond motifs is 1. The largest absolute Gasteiger partial charge is 0.493 e. The second-order valence-electron chi connectivity index (χ2n) is 2.61. The first-order valence-corrected chi connectivity index (χ1v) is 3.65. The van der Waals surface area contributed by atoms with Gasteiger partial charge in [-0.3, -0.25) is 0 Å². The van der Waals surface area contributed by atoms with Gasteiger partial charge in [0.1, 0.15) is 6.33 Å². The van der Waals surface area contributed by atoms with E-state index in [1.54, 1.807) is 11.6 Å². The molecule has 0 fully saturated rings. The van der Waals surface area contributed by atoms with Crippen LogP contribution in [0, 0.1) is 6.92 Å². The minimum atomic E-state index is 0.753. The lowest BCUT2D eigenvalue weighted by atomic mass is 10.3. The van der Waals surface area contributed by atoms with E-state index in [2.05, 4.69) is 10.1 Å². The second-order valence-corrected chi connectivity index (χ2v) is 2.61. The number of hydrogen-bond donors (Lipinski definition) is 0. The molecule has 0 saturated heterocycles. The first kappa shape index (κ1) is 7.09. The zero-order valence-electron chi connectivity index (χ0n) is 6.98. The SMILES string of the molecule is COc1cc(C)cn2ncnc12. The molecule has 2 aromatic rings. The van der Waals surface area contributed by atoms with E-state index >= 15 is 0 Å². The highest BCUT2D eigenvalue weighted by Crippen LogP contribution is 2.17. The van der Waals surface area contributed by atoms with E-state index in [9.17, 15) is 0 Å². The summed E-state index contributed by atoms with van der Waals surface area (Å²) in [5.41, 5.74) is 1.85. The maximum absolute atomic E-state index is 5.14. The van der Waals surface area contributed by atoms with Gasteiger partial charge in [-0.15, -0.1) is 0 Å². The summed E-state index contributed by atoms with van der Waals surface area (Å²) in [5.74, 6) is 0.757. The predicted molar refractivity (Wildman–Crippen MR) is 44.3 cm³/mol. The first-order chi connectivity index (χ1) is 5.81. The van der Waals surface area contributed by atoms with Crippen LogP contribution in [0.15, 0.2) is 18.6 Å². The molecule has 0 bridgehead atoms. The molecule has 12 heavy (non-hydrogen) atoms. The van der Waals surface area contributed by atoms with Gasteiger partial charge in [0, 0.05) is 6.20 Å². The highest BCUT2D eigenvalue weighted by Gasteiger charge is 2.03. The van der Waals surface area contributed by atoms with Crippen molar-refractivity contribution in [2.45, 2.75) is 6.92 Å². The molecule has 62 valence electrons. The normalized spacial score (nSPS) is 10.5. The molecule has 0 aliphatic rings. The predicted octanol–water partition coefficient (Wildman–Crippen LogP) is 1.05. The summed E-state index contributed by atoms with van der Waals surface area (Å²) in [4.78, 5) is 4.06. The van der Waals surface area contributed by atoms with Crippen molar-refractivity contribution in [1.29, 1.82) is 0 Å². The molecule has 0 spiro atoms. The molecule has 2 rings (SSSR count). The van der Waals surface area contributed by atoms with Crippen molar-refractivity contribution in [3.63, 3.8) is 0 Å². The van der Waals surface area contributed by atoms with Crippen molar-refractivity contribution in [3.05, 3.63) is 24.2 Å². The molecule has 0 aliphatic heterocycles. The van der Waals surface area contributed by atoms with Gasteiger partial charge in [0.05, 0.1) is 7.11 Å². The number of methoxy groups -OCH3 is 1. The number of hydrogen-bond acceptors (Lipinski definition) is 3. The van der Waals surface area contributed by atoms with Gasteiger partial charge in [0.25, 0.3) is 0 Å². The van der Waals surface area contributed by atoms with E-state index in [0.29, 0.717) is 0 Å². The van der Waals surface area contributed by atoms with Crippen LogP contribution in [-0.2, 0) is 0 Å². The van der Waals surface area contributed by atoms with Gasteiger partial charge in [0.2, 0.25) is 0 Å². The van der Waals surface area contributed by atoms with Crippen molar-refractivity contribution < 1.29 is 4.74 Å². The molecule has 4 nitrogen and oxygen atoms in total. The molecule has 0 N–H and O–H groups in total. The smallest absolute Gasteiger partial charge is 0.197 e. The summed E-state index contributed by atoms with van der Waals surface area (Å²) in [5, 5.41) is 4.01. The van der Waals surface area contributed by atoms with Crippen LogP contribution in [0.4, 0.5) is 0 Å². The third-order valence-corrected chi connectivity index (χ3v) is 1.70. The van der Waals surface area contributed by atoms with Crippen LogP contribution < -0.4 is 4.74 Å². The van der Waals surface area contributed by atoms with Crippen LogP contribution in [0.3, 0.4) is 0 Å². The standard InChI is InChI=1S/C8H9N3O/c1-6-3-7(12-2)8-9-5-10-11(8)4-6/h3-5H,1-2H3.